The van der Waals surface area contributed by atoms with E-state index in [1.807, 2.05) is 54.6 Å². The summed E-state index contributed by atoms with van der Waals surface area (Å²) in [5.41, 5.74) is 3.06. The number of carbonyl (C=O) groups is 1. The highest BCUT2D eigenvalue weighted by Crippen LogP contribution is 2.36. The zero-order valence-electron chi connectivity index (χ0n) is 20.1. The molecule has 1 aromatic heterocycles. The van der Waals surface area contributed by atoms with Gasteiger partial charge in [0.25, 0.3) is 11.5 Å². The number of aliphatic hydroxyl groups excluding tert-OH is 1. The van der Waals surface area contributed by atoms with E-state index in [4.69, 9.17) is 12.2 Å². The SMILES string of the molecule is Cn1c(=O)c(C=C2SC(=S)N(Cc3ccccc3)C2=O)c(N2CCN(CCO)CC2)c2ccccc21. The number of aromatic nitrogens is 1. The number of aryl methyl sites for hydroxylation is 1. The van der Waals surface area contributed by atoms with Crippen molar-refractivity contribution in [3.8, 4) is 0 Å². The van der Waals surface area contributed by atoms with Crippen molar-refractivity contribution in [3.63, 3.8) is 0 Å². The molecule has 3 heterocycles. The van der Waals surface area contributed by atoms with Gasteiger partial charge in [0, 0.05) is 45.2 Å². The molecule has 2 aliphatic heterocycles. The molecule has 0 unspecified atom stereocenters. The summed E-state index contributed by atoms with van der Waals surface area (Å²) < 4.78 is 2.14. The molecule has 2 saturated heterocycles. The molecule has 36 heavy (non-hydrogen) atoms. The van der Waals surface area contributed by atoms with Crippen molar-refractivity contribution >= 4 is 56.9 Å². The number of aliphatic hydroxyl groups is 1. The van der Waals surface area contributed by atoms with Crippen LogP contribution in [0.3, 0.4) is 0 Å². The summed E-state index contributed by atoms with van der Waals surface area (Å²) in [6.07, 6.45) is 1.73. The van der Waals surface area contributed by atoms with Gasteiger partial charge in [0.05, 0.1) is 34.8 Å². The summed E-state index contributed by atoms with van der Waals surface area (Å²) in [5.74, 6) is -0.178. The van der Waals surface area contributed by atoms with Gasteiger partial charge >= 0.3 is 0 Å². The van der Waals surface area contributed by atoms with Crippen LogP contribution in [0.4, 0.5) is 5.69 Å². The number of hydrogen-bond donors (Lipinski definition) is 1. The molecule has 7 nitrogen and oxygen atoms in total. The molecule has 2 aromatic carbocycles. The van der Waals surface area contributed by atoms with Crippen molar-refractivity contribution in [1.29, 1.82) is 0 Å². The van der Waals surface area contributed by atoms with Crippen LogP contribution in [-0.2, 0) is 18.4 Å². The molecule has 9 heteroatoms. The molecule has 0 atom stereocenters. The number of hydrogen-bond acceptors (Lipinski definition) is 7. The van der Waals surface area contributed by atoms with E-state index < -0.39 is 0 Å². The number of pyridine rings is 1. The monoisotopic (exact) mass is 520 g/mol. The zero-order valence-corrected chi connectivity index (χ0v) is 21.7. The maximum absolute atomic E-state index is 13.6. The lowest BCUT2D eigenvalue weighted by Crippen LogP contribution is -2.48. The lowest BCUT2D eigenvalue weighted by atomic mass is 10.1. The van der Waals surface area contributed by atoms with Crippen molar-refractivity contribution in [1.82, 2.24) is 14.4 Å². The Morgan fingerprint density at radius 2 is 1.69 bits per heavy atom. The fourth-order valence-electron chi connectivity index (χ4n) is 4.84. The predicted molar refractivity (Wildman–Crippen MR) is 150 cm³/mol. The summed E-state index contributed by atoms with van der Waals surface area (Å²) in [5, 5.41) is 10.3. The third-order valence-corrected chi connectivity index (χ3v) is 8.13. The van der Waals surface area contributed by atoms with Crippen LogP contribution in [0.25, 0.3) is 17.0 Å². The Balaban J connectivity index is 1.56. The number of anilines is 1. The summed E-state index contributed by atoms with van der Waals surface area (Å²) in [7, 11) is 1.77. The van der Waals surface area contributed by atoms with Gasteiger partial charge in [0.1, 0.15) is 4.32 Å². The smallest absolute Gasteiger partial charge is 0.266 e. The summed E-state index contributed by atoms with van der Waals surface area (Å²) in [6.45, 7) is 4.22. The highest BCUT2D eigenvalue weighted by molar-refractivity contribution is 8.26. The van der Waals surface area contributed by atoms with Gasteiger partial charge in [-0.2, -0.15) is 0 Å². The minimum Gasteiger partial charge on any atom is -0.395 e. The summed E-state index contributed by atoms with van der Waals surface area (Å²) >= 11 is 6.79. The van der Waals surface area contributed by atoms with Crippen LogP contribution in [-0.4, -0.2) is 69.0 Å². The Hall–Kier alpha value is -2.98. The van der Waals surface area contributed by atoms with Crippen LogP contribution in [0, 0.1) is 0 Å². The molecule has 1 amide bonds. The van der Waals surface area contributed by atoms with Gasteiger partial charge in [0.15, 0.2) is 0 Å². The number of β-amino-alcohol motifs (C(OH)–C–C–N with tert-alkyl or cyclic N) is 1. The summed E-state index contributed by atoms with van der Waals surface area (Å²) in [4.78, 5) is 33.5. The fraction of sp³-hybridized carbons (Fsp3) is 0.296. The van der Waals surface area contributed by atoms with Crippen LogP contribution in [0.15, 0.2) is 64.3 Å². The molecule has 2 aliphatic rings. The second-order valence-corrected chi connectivity index (χ2v) is 10.6. The van der Waals surface area contributed by atoms with Gasteiger partial charge < -0.3 is 14.6 Å². The molecule has 0 aliphatic carbocycles. The Morgan fingerprint density at radius 3 is 2.42 bits per heavy atom. The standard InChI is InChI=1S/C27H28N4O3S2/c1-28-22-10-6-5-9-20(22)24(30-13-11-29(12-14-30)15-16-32)21(25(28)33)17-23-26(34)31(27(35)36-23)18-19-7-3-2-4-8-19/h2-10,17,32H,11-16,18H2,1H3. The molecule has 3 aromatic rings. The number of benzene rings is 2. The highest BCUT2D eigenvalue weighted by Gasteiger charge is 2.33. The topological polar surface area (TPSA) is 69.0 Å². The number of carbonyl (C=O) groups excluding carboxylic acids is 1. The first-order valence-corrected chi connectivity index (χ1v) is 13.2. The van der Waals surface area contributed by atoms with E-state index in [0.717, 1.165) is 48.3 Å². The third kappa shape index (κ3) is 4.71. The normalized spacial score (nSPS) is 18.1. The molecule has 5 rings (SSSR count). The largest absolute Gasteiger partial charge is 0.395 e. The maximum Gasteiger partial charge on any atom is 0.266 e. The molecule has 186 valence electrons. The molecule has 0 spiro atoms. The molecule has 2 fully saturated rings. The van der Waals surface area contributed by atoms with E-state index in [1.165, 1.54) is 11.8 Å². The van der Waals surface area contributed by atoms with Crippen molar-refractivity contribution in [2.75, 3.05) is 44.2 Å². The van der Waals surface area contributed by atoms with Crippen molar-refractivity contribution in [2.24, 2.45) is 7.05 Å². The van der Waals surface area contributed by atoms with Gasteiger partial charge in [-0.15, -0.1) is 0 Å². The quantitative estimate of drug-likeness (QED) is 0.396. The molecular formula is C27H28N4O3S2. The predicted octanol–water partition coefficient (Wildman–Crippen LogP) is 3.05. The van der Waals surface area contributed by atoms with Crippen LogP contribution in [0.2, 0.25) is 0 Å². The first kappa shape index (κ1) is 24.7. The Labute approximate surface area is 219 Å². The first-order valence-electron chi connectivity index (χ1n) is 12.0. The molecular weight excluding hydrogens is 492 g/mol. The first-order chi connectivity index (χ1) is 17.5. The molecule has 1 N–H and O–H groups in total. The second kappa shape index (κ2) is 10.6. The number of thiocarbonyl (C=S) groups is 1. The van der Waals surface area contributed by atoms with Crippen molar-refractivity contribution in [3.05, 3.63) is 81.0 Å². The van der Waals surface area contributed by atoms with Crippen LogP contribution in [0.5, 0.6) is 0 Å². The Morgan fingerprint density at radius 1 is 1.00 bits per heavy atom. The van der Waals surface area contributed by atoms with Crippen molar-refractivity contribution < 1.29 is 9.90 Å². The lowest BCUT2D eigenvalue weighted by Gasteiger charge is -2.37. The number of para-hydroxylation sites is 1. The van der Waals surface area contributed by atoms with E-state index in [1.54, 1.807) is 22.6 Å². The minimum atomic E-state index is -0.178. The van der Waals surface area contributed by atoms with E-state index in [0.29, 0.717) is 27.9 Å². The molecule has 0 radical (unpaired) electrons. The van der Waals surface area contributed by atoms with E-state index >= 15 is 0 Å². The average Bonchev–Trinajstić information content (AvgIpc) is 3.16. The van der Waals surface area contributed by atoms with E-state index in [2.05, 4.69) is 9.80 Å². The average molecular weight is 521 g/mol. The van der Waals surface area contributed by atoms with Crippen LogP contribution in [0.1, 0.15) is 11.1 Å². The second-order valence-electron chi connectivity index (χ2n) is 8.95. The molecule has 0 bridgehead atoms. The Kier molecular flexibility index (Phi) is 7.25. The summed E-state index contributed by atoms with van der Waals surface area (Å²) in [6, 6.07) is 17.6. The number of amides is 1. The van der Waals surface area contributed by atoms with Crippen molar-refractivity contribution in [2.45, 2.75) is 6.54 Å². The van der Waals surface area contributed by atoms with Crippen LogP contribution < -0.4 is 10.5 Å². The number of nitrogens with zero attached hydrogens (tertiary/aromatic N) is 4. The number of piperazine rings is 1. The van der Waals surface area contributed by atoms with E-state index in [9.17, 15) is 14.7 Å². The zero-order chi connectivity index (χ0) is 25.2. The minimum absolute atomic E-state index is 0.130. The van der Waals surface area contributed by atoms with Gasteiger partial charge in [0.2, 0.25) is 0 Å². The van der Waals surface area contributed by atoms with Gasteiger partial charge in [-0.3, -0.25) is 19.4 Å². The van der Waals surface area contributed by atoms with Crippen LogP contribution >= 0.6 is 24.0 Å². The fourth-order valence-corrected chi connectivity index (χ4v) is 6.08. The Bertz CT molecular complexity index is 1400. The van der Waals surface area contributed by atoms with Gasteiger partial charge in [-0.25, -0.2) is 0 Å². The number of thioether (sulfide) groups is 1. The van der Waals surface area contributed by atoms with Gasteiger partial charge in [-0.1, -0.05) is 72.5 Å². The number of fused-ring (bicyclic) bond motifs is 1. The highest BCUT2D eigenvalue weighted by atomic mass is 32.2. The molecule has 0 saturated carbocycles. The third-order valence-electron chi connectivity index (χ3n) is 6.75. The maximum atomic E-state index is 13.6. The van der Waals surface area contributed by atoms with Gasteiger partial charge in [-0.05, 0) is 17.7 Å². The van der Waals surface area contributed by atoms with E-state index in [-0.39, 0.29) is 18.1 Å². The lowest BCUT2D eigenvalue weighted by molar-refractivity contribution is -0.122. The number of rotatable bonds is 6.